The zero-order valence-corrected chi connectivity index (χ0v) is 20.9. The molecule has 0 spiro atoms. The first-order chi connectivity index (χ1) is 18.3. The SMILES string of the molecule is O=C(N/N=C\c1cc(Br)ccc1OC(=O)c1ccco1)c1ccc(NC(=O)c2ccc([N+](=O)[O-])cc2)cc1. The van der Waals surface area contributed by atoms with Crippen LogP contribution >= 0.6 is 15.9 Å². The molecule has 0 saturated carbocycles. The molecule has 0 aliphatic rings. The van der Waals surface area contributed by atoms with Gasteiger partial charge < -0.3 is 14.5 Å². The second kappa shape index (κ2) is 11.8. The van der Waals surface area contributed by atoms with Crippen molar-refractivity contribution >= 4 is 51.3 Å². The van der Waals surface area contributed by atoms with Crippen molar-refractivity contribution < 1.29 is 28.5 Å². The fourth-order valence-electron chi connectivity index (χ4n) is 3.13. The molecule has 3 aromatic carbocycles. The summed E-state index contributed by atoms with van der Waals surface area (Å²) >= 11 is 3.34. The van der Waals surface area contributed by atoms with Gasteiger partial charge in [0.2, 0.25) is 5.76 Å². The summed E-state index contributed by atoms with van der Waals surface area (Å²) in [7, 11) is 0. The number of rotatable bonds is 8. The third-order valence-corrected chi connectivity index (χ3v) is 5.51. The normalized spacial score (nSPS) is 10.7. The van der Waals surface area contributed by atoms with Crippen LogP contribution in [-0.2, 0) is 0 Å². The molecule has 0 aliphatic heterocycles. The number of anilines is 1. The number of hydrogen-bond donors (Lipinski definition) is 2. The number of amides is 2. The van der Waals surface area contributed by atoms with Gasteiger partial charge >= 0.3 is 5.97 Å². The highest BCUT2D eigenvalue weighted by Crippen LogP contribution is 2.23. The number of hydrazone groups is 1. The summed E-state index contributed by atoms with van der Waals surface area (Å²) in [5.74, 6) is -1.41. The average Bonchev–Trinajstić information content (AvgIpc) is 3.46. The number of furan rings is 1. The third-order valence-electron chi connectivity index (χ3n) is 5.01. The number of nitrogens with zero attached hydrogens (tertiary/aromatic N) is 2. The largest absolute Gasteiger partial charge is 0.457 e. The molecule has 11 nitrogen and oxygen atoms in total. The van der Waals surface area contributed by atoms with E-state index in [0.717, 1.165) is 0 Å². The van der Waals surface area contributed by atoms with Gasteiger partial charge in [-0.1, -0.05) is 15.9 Å². The number of non-ortho nitro benzene ring substituents is 1. The van der Waals surface area contributed by atoms with E-state index in [-0.39, 0.29) is 28.3 Å². The van der Waals surface area contributed by atoms with Crippen molar-refractivity contribution in [3.05, 3.63) is 122 Å². The van der Waals surface area contributed by atoms with Gasteiger partial charge in [0.1, 0.15) is 5.75 Å². The van der Waals surface area contributed by atoms with Crippen LogP contribution in [0.1, 0.15) is 36.8 Å². The molecular weight excluding hydrogens is 560 g/mol. The number of carbonyl (C=O) groups is 3. The van der Waals surface area contributed by atoms with Gasteiger partial charge in [-0.15, -0.1) is 0 Å². The molecule has 0 saturated heterocycles. The minimum Gasteiger partial charge on any atom is -0.457 e. The molecule has 0 atom stereocenters. The van der Waals surface area contributed by atoms with Crippen LogP contribution in [0, 0.1) is 10.1 Å². The van der Waals surface area contributed by atoms with Crippen LogP contribution in [0.4, 0.5) is 11.4 Å². The van der Waals surface area contributed by atoms with Crippen LogP contribution in [0.25, 0.3) is 0 Å². The summed E-state index contributed by atoms with van der Waals surface area (Å²) in [5.41, 5.74) is 3.63. The maximum Gasteiger partial charge on any atom is 0.379 e. The number of ether oxygens (including phenoxy) is 1. The minimum absolute atomic E-state index is 0.0384. The van der Waals surface area contributed by atoms with Crippen molar-refractivity contribution in [3.63, 3.8) is 0 Å². The van der Waals surface area contributed by atoms with Crippen LogP contribution in [-0.4, -0.2) is 28.9 Å². The van der Waals surface area contributed by atoms with Crippen molar-refractivity contribution in [2.75, 3.05) is 5.32 Å². The van der Waals surface area contributed by atoms with Gasteiger partial charge in [-0.2, -0.15) is 5.10 Å². The third kappa shape index (κ3) is 6.56. The first kappa shape index (κ1) is 26.0. The van der Waals surface area contributed by atoms with Crippen molar-refractivity contribution in [2.45, 2.75) is 0 Å². The standard InChI is InChI=1S/C26H17BrN4O7/c27-19-7-12-22(38-26(34)23-2-1-13-37-23)18(14-19)15-28-30-25(33)17-3-8-20(9-4-17)29-24(32)16-5-10-21(11-6-16)31(35)36/h1-15H,(H,29,32)(H,30,33)/b28-15-. The maximum absolute atomic E-state index is 12.5. The van der Waals surface area contributed by atoms with Gasteiger partial charge in [0.05, 0.1) is 17.4 Å². The molecule has 0 radical (unpaired) electrons. The van der Waals surface area contributed by atoms with E-state index in [1.807, 2.05) is 0 Å². The molecule has 0 fully saturated rings. The van der Waals surface area contributed by atoms with Crippen molar-refractivity contribution in [2.24, 2.45) is 5.10 Å². The van der Waals surface area contributed by atoms with Gasteiger partial charge in [-0.25, -0.2) is 10.2 Å². The molecule has 0 aliphatic carbocycles. The predicted molar refractivity (Wildman–Crippen MR) is 140 cm³/mol. The Labute approximate surface area is 223 Å². The first-order valence-electron chi connectivity index (χ1n) is 10.8. The topological polar surface area (TPSA) is 153 Å². The fraction of sp³-hybridized carbons (Fsp3) is 0. The minimum atomic E-state index is -0.684. The van der Waals surface area contributed by atoms with Crippen molar-refractivity contribution in [3.8, 4) is 5.75 Å². The lowest BCUT2D eigenvalue weighted by Gasteiger charge is -2.07. The molecule has 4 rings (SSSR count). The van der Waals surface area contributed by atoms with Gasteiger partial charge in [-0.05, 0) is 66.7 Å². The van der Waals surface area contributed by atoms with E-state index >= 15 is 0 Å². The Bertz CT molecular complexity index is 1520. The number of nitro benzene ring substituents is 1. The van der Waals surface area contributed by atoms with E-state index in [1.165, 1.54) is 67.1 Å². The highest BCUT2D eigenvalue weighted by atomic mass is 79.9. The predicted octanol–water partition coefficient (Wildman–Crippen LogP) is 5.19. The molecule has 1 heterocycles. The molecule has 38 heavy (non-hydrogen) atoms. The lowest BCUT2D eigenvalue weighted by Crippen LogP contribution is -2.18. The Morgan fingerprint density at radius 1 is 0.947 bits per heavy atom. The zero-order valence-electron chi connectivity index (χ0n) is 19.3. The highest BCUT2D eigenvalue weighted by molar-refractivity contribution is 9.10. The molecule has 2 N–H and O–H groups in total. The van der Waals surface area contributed by atoms with Gasteiger partial charge in [0, 0.05) is 39.0 Å². The summed E-state index contributed by atoms with van der Waals surface area (Å²) in [6, 6.07) is 19.2. The number of benzene rings is 3. The summed E-state index contributed by atoms with van der Waals surface area (Å²) < 4.78 is 11.1. The molecule has 2 amide bonds. The maximum atomic E-state index is 12.5. The van der Waals surface area contributed by atoms with Crippen LogP contribution in [0.15, 0.2) is 99.1 Å². The van der Waals surface area contributed by atoms with E-state index in [4.69, 9.17) is 9.15 Å². The molecule has 4 aromatic rings. The number of hydrogen-bond acceptors (Lipinski definition) is 8. The van der Waals surface area contributed by atoms with Crippen LogP contribution in [0.5, 0.6) is 5.75 Å². The van der Waals surface area contributed by atoms with Crippen LogP contribution in [0.3, 0.4) is 0 Å². The quantitative estimate of drug-likeness (QED) is 0.0961. The van der Waals surface area contributed by atoms with Crippen LogP contribution < -0.4 is 15.5 Å². The lowest BCUT2D eigenvalue weighted by atomic mass is 10.1. The second-order valence-corrected chi connectivity index (χ2v) is 8.50. The van der Waals surface area contributed by atoms with E-state index in [2.05, 4.69) is 31.8 Å². The molecular formula is C26H17BrN4O7. The van der Waals surface area contributed by atoms with E-state index < -0.39 is 22.7 Å². The number of carbonyl (C=O) groups excluding carboxylic acids is 3. The zero-order chi connectivity index (χ0) is 27.1. The Hall–Kier alpha value is -5.10. The van der Waals surface area contributed by atoms with Gasteiger partial charge in [0.25, 0.3) is 17.5 Å². The summed E-state index contributed by atoms with van der Waals surface area (Å²) in [5, 5.41) is 17.3. The Kier molecular flexibility index (Phi) is 8.04. The Balaban J connectivity index is 1.36. The smallest absolute Gasteiger partial charge is 0.379 e. The number of halogens is 1. The molecule has 12 heteroatoms. The van der Waals surface area contributed by atoms with Gasteiger partial charge in [-0.3, -0.25) is 19.7 Å². The van der Waals surface area contributed by atoms with Crippen molar-refractivity contribution in [1.29, 1.82) is 0 Å². The number of nitrogens with one attached hydrogen (secondary N) is 2. The highest BCUT2D eigenvalue weighted by Gasteiger charge is 2.14. The molecule has 190 valence electrons. The van der Waals surface area contributed by atoms with E-state index in [0.29, 0.717) is 15.7 Å². The first-order valence-corrected chi connectivity index (χ1v) is 11.6. The molecule has 0 unspecified atom stereocenters. The summed E-state index contributed by atoms with van der Waals surface area (Å²) in [6.07, 6.45) is 2.68. The fourth-order valence-corrected chi connectivity index (χ4v) is 3.50. The van der Waals surface area contributed by atoms with Crippen LogP contribution in [0.2, 0.25) is 0 Å². The number of nitro groups is 1. The Morgan fingerprint density at radius 2 is 1.63 bits per heavy atom. The summed E-state index contributed by atoms with van der Waals surface area (Å²) in [4.78, 5) is 47.2. The van der Waals surface area contributed by atoms with E-state index in [9.17, 15) is 24.5 Å². The van der Waals surface area contributed by atoms with E-state index in [1.54, 1.807) is 24.3 Å². The lowest BCUT2D eigenvalue weighted by molar-refractivity contribution is -0.384. The van der Waals surface area contributed by atoms with Crippen molar-refractivity contribution in [1.82, 2.24) is 5.43 Å². The molecule has 1 aromatic heterocycles. The van der Waals surface area contributed by atoms with Gasteiger partial charge in [0.15, 0.2) is 0 Å². The second-order valence-electron chi connectivity index (χ2n) is 7.58. The average molecular weight is 577 g/mol. The molecule has 0 bridgehead atoms. The monoisotopic (exact) mass is 576 g/mol. The summed E-state index contributed by atoms with van der Waals surface area (Å²) in [6.45, 7) is 0. The number of esters is 1. The Morgan fingerprint density at radius 3 is 2.29 bits per heavy atom.